The molecule has 0 amide bonds. The number of likely N-dealkylation sites (N-methyl/N-ethyl adjacent to an activating group) is 1. The van der Waals surface area contributed by atoms with Crippen molar-refractivity contribution >= 4 is 16.7 Å². The molecule has 0 aliphatic carbocycles. The number of pyridine rings is 2. The Morgan fingerprint density at radius 1 is 1.07 bits per heavy atom. The lowest BCUT2D eigenvalue weighted by atomic mass is 9.95. The second-order valence-corrected chi connectivity index (χ2v) is 7.91. The summed E-state index contributed by atoms with van der Waals surface area (Å²) in [6, 6.07) is 11.8. The number of rotatable bonds is 4. The molecule has 0 atom stereocenters. The van der Waals surface area contributed by atoms with Gasteiger partial charge in [-0.2, -0.15) is 0 Å². The molecule has 30 heavy (non-hydrogen) atoms. The van der Waals surface area contributed by atoms with Crippen LogP contribution in [0.1, 0.15) is 27.2 Å². The normalized spacial score (nSPS) is 14.1. The maximum absolute atomic E-state index is 12.9. The SMILES string of the molecule is CN1CCc2cc(C(=O)Cc3cc4nc(-c5cn(C)nn5)ccc4cn3)ccc2C1. The van der Waals surface area contributed by atoms with Gasteiger partial charge in [-0.25, -0.2) is 4.98 Å². The summed E-state index contributed by atoms with van der Waals surface area (Å²) >= 11 is 0. The van der Waals surface area contributed by atoms with E-state index in [0.717, 1.165) is 41.7 Å². The highest BCUT2D eigenvalue weighted by Gasteiger charge is 2.16. The summed E-state index contributed by atoms with van der Waals surface area (Å²) in [5.74, 6) is 0.0775. The Morgan fingerprint density at radius 3 is 2.80 bits per heavy atom. The molecule has 3 aromatic heterocycles. The fourth-order valence-electron chi connectivity index (χ4n) is 3.90. The van der Waals surface area contributed by atoms with Crippen LogP contribution in [0.5, 0.6) is 0 Å². The molecule has 1 aliphatic rings. The molecule has 0 bridgehead atoms. The van der Waals surface area contributed by atoms with E-state index in [1.165, 1.54) is 11.1 Å². The summed E-state index contributed by atoms with van der Waals surface area (Å²) < 4.78 is 1.65. The van der Waals surface area contributed by atoms with Crippen molar-refractivity contribution in [2.75, 3.05) is 13.6 Å². The fraction of sp³-hybridized carbons (Fsp3) is 0.261. The van der Waals surface area contributed by atoms with Gasteiger partial charge in [0.05, 0.1) is 29.5 Å². The topological polar surface area (TPSA) is 76.8 Å². The van der Waals surface area contributed by atoms with Gasteiger partial charge >= 0.3 is 0 Å². The number of benzene rings is 1. The van der Waals surface area contributed by atoms with Crippen molar-refractivity contribution in [1.29, 1.82) is 0 Å². The van der Waals surface area contributed by atoms with Crippen molar-refractivity contribution in [3.8, 4) is 11.4 Å². The fourth-order valence-corrected chi connectivity index (χ4v) is 3.90. The van der Waals surface area contributed by atoms with Gasteiger partial charge in [-0.3, -0.25) is 14.5 Å². The number of ketones is 1. The summed E-state index contributed by atoms with van der Waals surface area (Å²) in [6.07, 6.45) is 4.84. The average molecular weight is 398 g/mol. The Hall–Kier alpha value is -3.45. The van der Waals surface area contributed by atoms with Crippen LogP contribution < -0.4 is 0 Å². The number of fused-ring (bicyclic) bond motifs is 2. The molecule has 5 rings (SSSR count). The van der Waals surface area contributed by atoms with Crippen LogP contribution in [-0.2, 0) is 26.4 Å². The molecule has 0 spiro atoms. The van der Waals surface area contributed by atoms with Gasteiger partial charge in [-0.1, -0.05) is 17.3 Å². The molecule has 150 valence electrons. The van der Waals surface area contributed by atoms with Crippen LogP contribution in [-0.4, -0.2) is 49.2 Å². The minimum atomic E-state index is 0.0775. The van der Waals surface area contributed by atoms with Gasteiger partial charge in [0.15, 0.2) is 5.78 Å². The van der Waals surface area contributed by atoms with E-state index in [9.17, 15) is 4.79 Å². The lowest BCUT2D eigenvalue weighted by Crippen LogP contribution is -2.26. The predicted molar refractivity (Wildman–Crippen MR) is 114 cm³/mol. The number of carbonyl (C=O) groups excluding carboxylic acids is 1. The summed E-state index contributed by atoms with van der Waals surface area (Å²) in [6.45, 7) is 1.96. The first kappa shape index (κ1) is 18.6. The molecule has 4 aromatic rings. The third-order valence-corrected chi connectivity index (χ3v) is 5.57. The summed E-state index contributed by atoms with van der Waals surface area (Å²) in [7, 11) is 3.95. The molecule has 0 fully saturated rings. The zero-order valence-electron chi connectivity index (χ0n) is 17.0. The molecule has 0 saturated carbocycles. The molecule has 0 N–H and O–H groups in total. The Balaban J connectivity index is 1.40. The first-order valence-corrected chi connectivity index (χ1v) is 10.0. The van der Waals surface area contributed by atoms with Crippen LogP contribution in [0, 0.1) is 0 Å². The third kappa shape index (κ3) is 3.59. The van der Waals surface area contributed by atoms with Crippen molar-refractivity contribution in [3.05, 3.63) is 71.2 Å². The molecule has 0 saturated heterocycles. The van der Waals surface area contributed by atoms with Crippen molar-refractivity contribution in [3.63, 3.8) is 0 Å². The van der Waals surface area contributed by atoms with Crippen LogP contribution >= 0.6 is 0 Å². The molecule has 1 aromatic carbocycles. The molecule has 0 radical (unpaired) electrons. The number of Topliss-reactive ketones (excluding diaryl/α,β-unsaturated/α-hetero) is 1. The predicted octanol–water partition coefficient (Wildman–Crippen LogP) is 2.84. The maximum Gasteiger partial charge on any atom is 0.168 e. The van der Waals surface area contributed by atoms with Crippen LogP contribution in [0.3, 0.4) is 0 Å². The monoisotopic (exact) mass is 398 g/mol. The molecular formula is C23H22N6O. The quantitative estimate of drug-likeness (QED) is 0.492. The van der Waals surface area contributed by atoms with E-state index in [2.05, 4.69) is 39.4 Å². The van der Waals surface area contributed by atoms with Gasteiger partial charge in [-0.05, 0) is 48.9 Å². The largest absolute Gasteiger partial charge is 0.302 e. The number of hydrogen-bond donors (Lipinski definition) is 0. The minimum absolute atomic E-state index is 0.0775. The van der Waals surface area contributed by atoms with Crippen molar-refractivity contribution in [1.82, 2.24) is 29.9 Å². The van der Waals surface area contributed by atoms with Gasteiger partial charge in [0, 0.05) is 37.3 Å². The van der Waals surface area contributed by atoms with E-state index >= 15 is 0 Å². The maximum atomic E-state index is 12.9. The lowest BCUT2D eigenvalue weighted by Gasteiger charge is -2.25. The summed E-state index contributed by atoms with van der Waals surface area (Å²) in [4.78, 5) is 24.4. The highest BCUT2D eigenvalue weighted by molar-refractivity contribution is 5.98. The van der Waals surface area contributed by atoms with Crippen LogP contribution in [0.2, 0.25) is 0 Å². The smallest absolute Gasteiger partial charge is 0.168 e. The average Bonchev–Trinajstić information content (AvgIpc) is 3.19. The van der Waals surface area contributed by atoms with Gasteiger partial charge in [-0.15, -0.1) is 5.10 Å². The second-order valence-electron chi connectivity index (χ2n) is 7.91. The number of aryl methyl sites for hydroxylation is 1. The molecular weight excluding hydrogens is 376 g/mol. The number of nitrogens with zero attached hydrogens (tertiary/aromatic N) is 6. The standard InChI is InChI=1S/C23H22N6O/c1-28-8-7-15-9-16(3-4-18(15)13-28)23(30)11-19-10-21-17(12-24-19)5-6-20(25-21)22-14-29(2)27-26-22/h3-6,9-10,12,14H,7-8,11,13H2,1-2H3. The Kier molecular flexibility index (Phi) is 4.59. The first-order valence-electron chi connectivity index (χ1n) is 10.0. The van der Waals surface area contributed by atoms with Gasteiger partial charge < -0.3 is 4.90 Å². The van der Waals surface area contributed by atoms with Crippen molar-refractivity contribution in [2.45, 2.75) is 19.4 Å². The van der Waals surface area contributed by atoms with E-state index in [1.54, 1.807) is 10.9 Å². The number of aromatic nitrogens is 5. The summed E-state index contributed by atoms with van der Waals surface area (Å²) in [5.41, 5.74) is 6.32. The zero-order valence-corrected chi connectivity index (χ0v) is 17.0. The molecule has 7 heteroatoms. The highest BCUT2D eigenvalue weighted by Crippen LogP contribution is 2.22. The molecule has 7 nitrogen and oxygen atoms in total. The van der Waals surface area contributed by atoms with Crippen molar-refractivity contribution < 1.29 is 4.79 Å². The molecule has 0 unspecified atom stereocenters. The van der Waals surface area contributed by atoms with Gasteiger partial charge in [0.2, 0.25) is 0 Å². The van der Waals surface area contributed by atoms with E-state index < -0.39 is 0 Å². The van der Waals surface area contributed by atoms with Crippen LogP contribution in [0.4, 0.5) is 0 Å². The Morgan fingerprint density at radius 2 is 1.97 bits per heavy atom. The minimum Gasteiger partial charge on any atom is -0.302 e. The van der Waals surface area contributed by atoms with Gasteiger partial charge in [0.1, 0.15) is 5.69 Å². The lowest BCUT2D eigenvalue weighted by molar-refractivity contribution is 0.0992. The first-order chi connectivity index (χ1) is 14.5. The number of hydrogen-bond acceptors (Lipinski definition) is 6. The van der Waals surface area contributed by atoms with E-state index in [4.69, 9.17) is 4.98 Å². The van der Waals surface area contributed by atoms with Crippen LogP contribution in [0.15, 0.2) is 48.8 Å². The molecule has 1 aliphatic heterocycles. The molecule has 4 heterocycles. The Bertz CT molecular complexity index is 1260. The Labute approximate surface area is 174 Å². The van der Waals surface area contributed by atoms with E-state index in [1.807, 2.05) is 37.5 Å². The highest BCUT2D eigenvalue weighted by atomic mass is 16.1. The number of carbonyl (C=O) groups is 1. The van der Waals surface area contributed by atoms with Crippen LogP contribution in [0.25, 0.3) is 22.3 Å². The van der Waals surface area contributed by atoms with E-state index in [0.29, 0.717) is 11.4 Å². The zero-order chi connectivity index (χ0) is 20.7. The third-order valence-electron chi connectivity index (χ3n) is 5.57. The van der Waals surface area contributed by atoms with E-state index in [-0.39, 0.29) is 12.2 Å². The van der Waals surface area contributed by atoms with Gasteiger partial charge in [0.25, 0.3) is 0 Å². The van der Waals surface area contributed by atoms with Crippen molar-refractivity contribution in [2.24, 2.45) is 7.05 Å². The summed E-state index contributed by atoms with van der Waals surface area (Å²) in [5, 5.41) is 9.01. The second kappa shape index (κ2) is 7.42.